The predicted molar refractivity (Wildman–Crippen MR) is 78.6 cm³/mol. The van der Waals surface area contributed by atoms with Crippen molar-refractivity contribution in [3.05, 3.63) is 44.7 Å². The van der Waals surface area contributed by atoms with Crippen LogP contribution in [0.25, 0.3) is 0 Å². The number of halogens is 1. The smallest absolute Gasteiger partial charge is 0.353 e. The van der Waals surface area contributed by atoms with Crippen LogP contribution >= 0.6 is 22.9 Å². The fraction of sp³-hybridized carbons (Fsp3) is 0.286. The summed E-state index contributed by atoms with van der Waals surface area (Å²) in [5, 5.41) is 1.40. The second-order valence-electron chi connectivity index (χ2n) is 4.01. The topological polar surface area (TPSA) is 48.4 Å². The highest BCUT2D eigenvalue weighted by molar-refractivity contribution is 7.13. The minimum atomic E-state index is -0.404. The fourth-order valence-corrected chi connectivity index (χ4v) is 2.58. The Kier molecular flexibility index (Phi) is 4.98. The lowest BCUT2D eigenvalue weighted by Gasteiger charge is -2.06. The van der Waals surface area contributed by atoms with E-state index in [0.29, 0.717) is 29.0 Å². The zero-order valence-electron chi connectivity index (χ0n) is 11.2. The zero-order chi connectivity index (χ0) is 14.5. The van der Waals surface area contributed by atoms with Gasteiger partial charge in [0, 0.05) is 5.02 Å². The van der Waals surface area contributed by atoms with Crippen LogP contribution in [0.15, 0.2) is 24.3 Å². The van der Waals surface area contributed by atoms with Crippen LogP contribution in [0.1, 0.15) is 27.2 Å². The number of rotatable bonds is 5. The molecule has 0 bridgehead atoms. The van der Waals surface area contributed by atoms with Crippen LogP contribution in [-0.4, -0.2) is 17.6 Å². The van der Waals surface area contributed by atoms with Crippen molar-refractivity contribution in [3.63, 3.8) is 0 Å². The van der Waals surface area contributed by atoms with E-state index in [1.165, 1.54) is 11.3 Å². The Balaban J connectivity index is 2.11. The first-order valence-electron chi connectivity index (χ1n) is 6.12. The van der Waals surface area contributed by atoms with Crippen molar-refractivity contribution in [2.45, 2.75) is 20.5 Å². The summed E-state index contributed by atoms with van der Waals surface area (Å²) in [4.78, 5) is 16.4. The maximum atomic E-state index is 11.8. The van der Waals surface area contributed by atoms with E-state index < -0.39 is 5.97 Å². The van der Waals surface area contributed by atoms with E-state index in [0.717, 1.165) is 10.6 Å². The Morgan fingerprint density at radius 3 is 2.95 bits per heavy atom. The molecule has 0 aliphatic carbocycles. The Morgan fingerprint density at radius 1 is 1.45 bits per heavy atom. The van der Waals surface area contributed by atoms with E-state index in [4.69, 9.17) is 21.1 Å². The summed E-state index contributed by atoms with van der Waals surface area (Å²) >= 11 is 7.17. The van der Waals surface area contributed by atoms with Crippen molar-refractivity contribution in [1.29, 1.82) is 0 Å². The Hall–Kier alpha value is -1.59. The van der Waals surface area contributed by atoms with E-state index in [2.05, 4.69) is 4.98 Å². The molecule has 0 radical (unpaired) electrons. The lowest BCUT2D eigenvalue weighted by Crippen LogP contribution is -2.05. The molecule has 0 aliphatic heterocycles. The number of ether oxygens (including phenoxy) is 2. The summed E-state index contributed by atoms with van der Waals surface area (Å²) < 4.78 is 10.6. The molecule has 20 heavy (non-hydrogen) atoms. The SMILES string of the molecule is CCOC(=O)c1sc(C)nc1OCc1cccc(Cl)c1. The van der Waals surface area contributed by atoms with Crippen LogP contribution < -0.4 is 4.74 Å². The number of nitrogens with zero attached hydrogens (tertiary/aromatic N) is 1. The van der Waals surface area contributed by atoms with Gasteiger partial charge < -0.3 is 9.47 Å². The molecule has 0 fully saturated rings. The number of carbonyl (C=O) groups excluding carboxylic acids is 1. The molecule has 0 spiro atoms. The molecule has 0 amide bonds. The molecule has 0 saturated heterocycles. The molecule has 2 aromatic rings. The van der Waals surface area contributed by atoms with E-state index in [9.17, 15) is 4.79 Å². The highest BCUT2D eigenvalue weighted by Crippen LogP contribution is 2.26. The molecule has 1 aromatic carbocycles. The van der Waals surface area contributed by atoms with Gasteiger partial charge in [0.15, 0.2) is 4.88 Å². The summed E-state index contributed by atoms with van der Waals surface area (Å²) in [6.07, 6.45) is 0. The molecular formula is C14H14ClNO3S. The average Bonchev–Trinajstić information content (AvgIpc) is 2.78. The van der Waals surface area contributed by atoms with Gasteiger partial charge in [-0.2, -0.15) is 0 Å². The fourth-order valence-electron chi connectivity index (χ4n) is 1.61. The van der Waals surface area contributed by atoms with Crippen LogP contribution in [-0.2, 0) is 11.3 Å². The minimum Gasteiger partial charge on any atom is -0.472 e. The van der Waals surface area contributed by atoms with Gasteiger partial charge in [-0.3, -0.25) is 0 Å². The predicted octanol–water partition coefficient (Wildman–Crippen LogP) is 3.86. The molecule has 0 N–H and O–H groups in total. The van der Waals surface area contributed by atoms with Crippen molar-refractivity contribution in [3.8, 4) is 5.88 Å². The number of hydrogen-bond acceptors (Lipinski definition) is 5. The maximum Gasteiger partial charge on any atom is 0.353 e. The Labute approximate surface area is 126 Å². The van der Waals surface area contributed by atoms with E-state index in [-0.39, 0.29) is 0 Å². The molecule has 0 unspecified atom stereocenters. The first kappa shape index (κ1) is 14.8. The number of benzene rings is 1. The summed E-state index contributed by atoms with van der Waals surface area (Å²) in [6, 6.07) is 7.35. The van der Waals surface area contributed by atoms with Gasteiger partial charge in [0.05, 0.1) is 11.6 Å². The van der Waals surface area contributed by atoms with E-state index in [1.807, 2.05) is 25.1 Å². The average molecular weight is 312 g/mol. The van der Waals surface area contributed by atoms with Crippen molar-refractivity contribution in [2.24, 2.45) is 0 Å². The second kappa shape index (κ2) is 6.72. The number of carbonyl (C=O) groups is 1. The second-order valence-corrected chi connectivity index (χ2v) is 5.65. The van der Waals surface area contributed by atoms with Gasteiger partial charge in [0.1, 0.15) is 6.61 Å². The number of aryl methyl sites for hydroxylation is 1. The van der Waals surface area contributed by atoms with Crippen molar-refractivity contribution < 1.29 is 14.3 Å². The molecule has 1 heterocycles. The summed E-state index contributed by atoms with van der Waals surface area (Å²) in [7, 11) is 0. The standard InChI is InChI=1S/C14H14ClNO3S/c1-3-18-14(17)12-13(16-9(2)20-12)19-8-10-5-4-6-11(15)7-10/h4-7H,3,8H2,1-2H3. The third-order valence-electron chi connectivity index (χ3n) is 2.43. The third kappa shape index (κ3) is 3.71. The van der Waals surface area contributed by atoms with Crippen LogP contribution in [0, 0.1) is 6.92 Å². The minimum absolute atomic E-state index is 0.302. The molecule has 0 aliphatic rings. The van der Waals surface area contributed by atoms with Crippen LogP contribution in [0.4, 0.5) is 0 Å². The third-order valence-corrected chi connectivity index (χ3v) is 3.60. The van der Waals surface area contributed by atoms with Gasteiger partial charge in [0.2, 0.25) is 5.88 Å². The first-order valence-corrected chi connectivity index (χ1v) is 7.31. The normalized spacial score (nSPS) is 10.3. The van der Waals surface area contributed by atoms with Crippen molar-refractivity contribution in [1.82, 2.24) is 4.98 Å². The van der Waals surface area contributed by atoms with Crippen molar-refractivity contribution >= 4 is 28.9 Å². The first-order chi connectivity index (χ1) is 9.60. The largest absolute Gasteiger partial charge is 0.472 e. The van der Waals surface area contributed by atoms with Gasteiger partial charge in [-0.15, -0.1) is 11.3 Å². The maximum absolute atomic E-state index is 11.8. The summed E-state index contributed by atoms with van der Waals surface area (Å²) in [6.45, 7) is 4.21. The summed E-state index contributed by atoms with van der Waals surface area (Å²) in [5.74, 6) is -0.0925. The molecule has 1 aromatic heterocycles. The van der Waals surface area contributed by atoms with Gasteiger partial charge in [-0.05, 0) is 31.5 Å². The van der Waals surface area contributed by atoms with Crippen LogP contribution in [0.5, 0.6) is 5.88 Å². The number of thiazole rings is 1. The van der Waals surface area contributed by atoms with E-state index >= 15 is 0 Å². The molecule has 2 rings (SSSR count). The highest BCUT2D eigenvalue weighted by Gasteiger charge is 2.19. The van der Waals surface area contributed by atoms with Crippen LogP contribution in [0.3, 0.4) is 0 Å². The van der Waals surface area contributed by atoms with Gasteiger partial charge >= 0.3 is 5.97 Å². The lowest BCUT2D eigenvalue weighted by atomic mass is 10.2. The highest BCUT2D eigenvalue weighted by atomic mass is 35.5. The quantitative estimate of drug-likeness (QED) is 0.787. The van der Waals surface area contributed by atoms with Gasteiger partial charge in [-0.1, -0.05) is 23.7 Å². The molecule has 0 atom stereocenters. The molecule has 6 heteroatoms. The van der Waals surface area contributed by atoms with Gasteiger partial charge in [0.25, 0.3) is 0 Å². The number of aromatic nitrogens is 1. The molecule has 106 valence electrons. The molecular weight excluding hydrogens is 298 g/mol. The molecule has 4 nitrogen and oxygen atoms in total. The zero-order valence-corrected chi connectivity index (χ0v) is 12.8. The molecule has 0 saturated carbocycles. The van der Waals surface area contributed by atoms with E-state index in [1.54, 1.807) is 13.0 Å². The van der Waals surface area contributed by atoms with Crippen LogP contribution in [0.2, 0.25) is 5.02 Å². The number of esters is 1. The Morgan fingerprint density at radius 2 is 2.25 bits per heavy atom. The van der Waals surface area contributed by atoms with Gasteiger partial charge in [-0.25, -0.2) is 9.78 Å². The van der Waals surface area contributed by atoms with Crippen molar-refractivity contribution in [2.75, 3.05) is 6.61 Å². The Bertz CT molecular complexity index is 612. The summed E-state index contributed by atoms with van der Waals surface area (Å²) in [5.41, 5.74) is 0.915. The monoisotopic (exact) mass is 311 g/mol. The lowest BCUT2D eigenvalue weighted by molar-refractivity contribution is 0.0526. The number of hydrogen-bond donors (Lipinski definition) is 0.